The second-order valence-electron chi connectivity index (χ2n) is 7.18. The molecule has 0 radical (unpaired) electrons. The Morgan fingerprint density at radius 3 is 2.52 bits per heavy atom. The second-order valence-corrected chi connectivity index (χ2v) is 9.14. The zero-order valence-electron chi connectivity index (χ0n) is 16.6. The standard InChI is InChI=1S/C23H13FN2O5S2/c24-13-6-3-11(4-7-13)18-17(19(27)15-2-1-9-32-15)20(28)21(29)26(18)23-25-14-8-5-12(22(30)31)10-16(14)33-23/h1-10,18,28H,(H,30,31)/t18-/m0/s1. The van der Waals surface area contributed by atoms with Crippen molar-refractivity contribution in [3.63, 3.8) is 0 Å². The van der Waals surface area contributed by atoms with Crippen molar-refractivity contribution in [3.05, 3.63) is 93.1 Å². The first-order valence-corrected chi connectivity index (χ1v) is 11.3. The highest BCUT2D eigenvalue weighted by atomic mass is 32.1. The number of hydrogen-bond acceptors (Lipinski definition) is 7. The highest BCUT2D eigenvalue weighted by Crippen LogP contribution is 2.44. The van der Waals surface area contributed by atoms with Crippen molar-refractivity contribution in [2.45, 2.75) is 6.04 Å². The lowest BCUT2D eigenvalue weighted by molar-refractivity contribution is -0.117. The molecule has 2 N–H and O–H groups in total. The number of aromatic nitrogens is 1. The molecule has 1 amide bonds. The van der Waals surface area contributed by atoms with Gasteiger partial charge < -0.3 is 10.2 Å². The molecule has 1 atom stereocenters. The van der Waals surface area contributed by atoms with Crippen LogP contribution in [0.2, 0.25) is 0 Å². The van der Waals surface area contributed by atoms with E-state index in [1.807, 2.05) is 0 Å². The summed E-state index contributed by atoms with van der Waals surface area (Å²) in [5.41, 5.74) is 0.817. The van der Waals surface area contributed by atoms with Crippen LogP contribution in [0.25, 0.3) is 10.2 Å². The number of carbonyl (C=O) groups is 3. The minimum atomic E-state index is -1.10. The number of fused-ring (bicyclic) bond motifs is 1. The second kappa shape index (κ2) is 7.91. The Labute approximate surface area is 193 Å². The van der Waals surface area contributed by atoms with Crippen LogP contribution in [-0.4, -0.2) is 32.9 Å². The summed E-state index contributed by atoms with van der Waals surface area (Å²) >= 11 is 2.23. The third-order valence-electron chi connectivity index (χ3n) is 5.21. The van der Waals surface area contributed by atoms with Crippen molar-refractivity contribution in [2.24, 2.45) is 0 Å². The Morgan fingerprint density at radius 2 is 1.85 bits per heavy atom. The number of amides is 1. The molecule has 2 aromatic heterocycles. The molecule has 164 valence electrons. The van der Waals surface area contributed by atoms with Crippen LogP contribution in [0.5, 0.6) is 0 Å². The van der Waals surface area contributed by atoms with Gasteiger partial charge in [-0.1, -0.05) is 29.5 Å². The van der Waals surface area contributed by atoms with E-state index in [1.54, 1.807) is 17.5 Å². The number of thiophene rings is 1. The maximum atomic E-state index is 13.6. The molecule has 4 aromatic rings. The lowest BCUT2D eigenvalue weighted by Crippen LogP contribution is -2.30. The first-order valence-electron chi connectivity index (χ1n) is 9.59. The largest absolute Gasteiger partial charge is 0.503 e. The van der Waals surface area contributed by atoms with Crippen molar-refractivity contribution < 1.29 is 29.0 Å². The Hall–Kier alpha value is -3.89. The summed E-state index contributed by atoms with van der Waals surface area (Å²) in [7, 11) is 0. The first-order chi connectivity index (χ1) is 15.8. The van der Waals surface area contributed by atoms with Crippen molar-refractivity contribution in [3.8, 4) is 0 Å². The third kappa shape index (κ3) is 3.49. The van der Waals surface area contributed by atoms with Gasteiger partial charge in [-0.2, -0.15) is 0 Å². The number of carbonyl (C=O) groups excluding carboxylic acids is 2. The zero-order chi connectivity index (χ0) is 23.3. The van der Waals surface area contributed by atoms with Crippen molar-refractivity contribution in [1.82, 2.24) is 4.98 Å². The van der Waals surface area contributed by atoms with Gasteiger partial charge in [-0.05, 0) is 47.3 Å². The lowest BCUT2D eigenvalue weighted by Gasteiger charge is -2.24. The molecule has 0 saturated carbocycles. The van der Waals surface area contributed by atoms with Crippen LogP contribution in [-0.2, 0) is 4.79 Å². The summed E-state index contributed by atoms with van der Waals surface area (Å²) in [6.07, 6.45) is 0. The number of Topliss-reactive ketones (excluding diaryl/α,β-unsaturated/α-hetero) is 1. The number of carboxylic acid groups (broad SMARTS) is 1. The van der Waals surface area contributed by atoms with Gasteiger partial charge in [0.2, 0.25) is 5.78 Å². The van der Waals surface area contributed by atoms with E-state index < -0.39 is 35.3 Å². The molecule has 0 fully saturated rings. The van der Waals surface area contributed by atoms with Gasteiger partial charge in [0, 0.05) is 0 Å². The van der Waals surface area contributed by atoms with Crippen LogP contribution in [0.3, 0.4) is 0 Å². The molecule has 2 aromatic carbocycles. The molecule has 0 saturated heterocycles. The molecule has 1 aliphatic rings. The number of hydrogen-bond donors (Lipinski definition) is 2. The van der Waals surface area contributed by atoms with E-state index in [0.717, 1.165) is 11.3 Å². The Morgan fingerprint density at radius 1 is 1.09 bits per heavy atom. The maximum Gasteiger partial charge on any atom is 0.335 e. The van der Waals surface area contributed by atoms with E-state index in [9.17, 15) is 29.0 Å². The fraction of sp³-hybridized carbons (Fsp3) is 0.0435. The van der Waals surface area contributed by atoms with Crippen LogP contribution in [0.15, 0.2) is 71.3 Å². The number of aromatic carboxylic acids is 1. The van der Waals surface area contributed by atoms with Gasteiger partial charge in [0.25, 0.3) is 5.91 Å². The molecule has 0 unspecified atom stereocenters. The summed E-state index contributed by atoms with van der Waals surface area (Å²) < 4.78 is 14.1. The SMILES string of the molecule is O=C(O)c1ccc2nc(N3C(=O)C(O)=C(C(=O)c4cccs4)[C@@H]3c3ccc(F)cc3)sc2c1. The number of benzene rings is 2. The minimum absolute atomic E-state index is 0.0649. The average Bonchev–Trinajstić information content (AvgIpc) is 3.52. The lowest BCUT2D eigenvalue weighted by atomic mass is 9.95. The number of carboxylic acids is 1. The van der Waals surface area contributed by atoms with Gasteiger partial charge in [-0.25, -0.2) is 14.2 Å². The Balaban J connectivity index is 1.67. The van der Waals surface area contributed by atoms with E-state index in [4.69, 9.17) is 0 Å². The summed E-state index contributed by atoms with van der Waals surface area (Å²) in [6.45, 7) is 0. The topological polar surface area (TPSA) is 108 Å². The number of nitrogens with zero attached hydrogens (tertiary/aromatic N) is 2. The van der Waals surface area contributed by atoms with E-state index in [1.165, 1.54) is 58.7 Å². The highest BCUT2D eigenvalue weighted by Gasteiger charge is 2.46. The predicted molar refractivity (Wildman–Crippen MR) is 122 cm³/mol. The molecule has 7 nitrogen and oxygen atoms in total. The summed E-state index contributed by atoms with van der Waals surface area (Å²) in [6, 6.07) is 11.9. The number of aliphatic hydroxyl groups excluding tert-OH is 1. The monoisotopic (exact) mass is 480 g/mol. The Bertz CT molecular complexity index is 1460. The number of thiazole rings is 1. The summed E-state index contributed by atoms with van der Waals surface area (Å²) in [5.74, 6) is -3.62. The molecular weight excluding hydrogens is 467 g/mol. The van der Waals surface area contributed by atoms with E-state index in [2.05, 4.69) is 4.98 Å². The van der Waals surface area contributed by atoms with E-state index in [-0.39, 0.29) is 16.3 Å². The van der Waals surface area contributed by atoms with Gasteiger partial charge in [-0.15, -0.1) is 11.3 Å². The average molecular weight is 480 g/mol. The van der Waals surface area contributed by atoms with Crippen LogP contribution in [0.1, 0.15) is 31.6 Å². The fourth-order valence-electron chi connectivity index (χ4n) is 3.68. The molecule has 5 rings (SSSR count). The highest BCUT2D eigenvalue weighted by molar-refractivity contribution is 7.22. The number of anilines is 1. The number of rotatable bonds is 5. The minimum Gasteiger partial charge on any atom is -0.503 e. The quantitative estimate of drug-likeness (QED) is 0.390. The molecule has 0 bridgehead atoms. The predicted octanol–water partition coefficient (Wildman–Crippen LogP) is 4.98. The molecule has 0 aliphatic carbocycles. The van der Waals surface area contributed by atoms with Gasteiger partial charge in [0.1, 0.15) is 5.82 Å². The van der Waals surface area contributed by atoms with E-state index >= 15 is 0 Å². The summed E-state index contributed by atoms with van der Waals surface area (Å²) in [4.78, 5) is 43.7. The zero-order valence-corrected chi connectivity index (χ0v) is 18.2. The Kier molecular flexibility index (Phi) is 5.03. The van der Waals surface area contributed by atoms with Crippen molar-refractivity contribution in [1.29, 1.82) is 0 Å². The van der Waals surface area contributed by atoms with Gasteiger partial charge in [0.15, 0.2) is 10.9 Å². The molecular formula is C23H13FN2O5S2. The normalized spacial score (nSPS) is 16.1. The molecule has 3 heterocycles. The molecule has 1 aliphatic heterocycles. The summed E-state index contributed by atoms with van der Waals surface area (Å²) in [5, 5.41) is 21.9. The molecule has 10 heteroatoms. The smallest absolute Gasteiger partial charge is 0.335 e. The van der Waals surface area contributed by atoms with Crippen molar-refractivity contribution >= 4 is 55.7 Å². The number of aliphatic hydroxyl groups is 1. The third-order valence-corrected chi connectivity index (χ3v) is 7.10. The van der Waals surface area contributed by atoms with Crippen LogP contribution in [0.4, 0.5) is 9.52 Å². The first kappa shape index (κ1) is 21.0. The fourth-order valence-corrected chi connectivity index (χ4v) is 5.39. The van der Waals surface area contributed by atoms with Crippen LogP contribution in [0, 0.1) is 5.82 Å². The van der Waals surface area contributed by atoms with Crippen LogP contribution >= 0.6 is 22.7 Å². The van der Waals surface area contributed by atoms with Crippen LogP contribution < -0.4 is 4.90 Å². The molecule has 33 heavy (non-hydrogen) atoms. The van der Waals surface area contributed by atoms with Gasteiger partial charge in [0.05, 0.1) is 32.3 Å². The van der Waals surface area contributed by atoms with Gasteiger partial charge in [-0.3, -0.25) is 14.5 Å². The van der Waals surface area contributed by atoms with Crippen molar-refractivity contribution in [2.75, 3.05) is 4.90 Å². The van der Waals surface area contributed by atoms with E-state index in [0.29, 0.717) is 20.7 Å². The number of halogens is 1. The van der Waals surface area contributed by atoms with Gasteiger partial charge >= 0.3 is 5.97 Å². The maximum absolute atomic E-state index is 13.6. The number of ketones is 1. The molecule has 0 spiro atoms.